The second kappa shape index (κ2) is 4.85. The topological polar surface area (TPSA) is 3.24 Å². The van der Waals surface area contributed by atoms with E-state index in [1.807, 2.05) is 0 Å². The van der Waals surface area contributed by atoms with Crippen LogP contribution in [0.25, 0.3) is 0 Å². The number of likely N-dealkylation sites (tertiary alicyclic amines) is 1. The molecule has 0 aromatic heterocycles. The van der Waals surface area contributed by atoms with Gasteiger partial charge in [-0.15, -0.1) is 11.6 Å². The summed E-state index contributed by atoms with van der Waals surface area (Å²) in [6, 6.07) is 0. The van der Waals surface area contributed by atoms with Crippen molar-refractivity contribution in [3.05, 3.63) is 0 Å². The van der Waals surface area contributed by atoms with Gasteiger partial charge >= 0.3 is 0 Å². The maximum atomic E-state index is 6.13. The van der Waals surface area contributed by atoms with Crippen molar-refractivity contribution in [3.63, 3.8) is 0 Å². The second-order valence-electron chi connectivity index (χ2n) is 5.11. The van der Waals surface area contributed by atoms with E-state index in [1.54, 1.807) is 0 Å². The smallest absolute Gasteiger partial charge is 0.0337 e. The van der Waals surface area contributed by atoms with E-state index in [-0.39, 0.29) is 0 Å². The molecule has 2 rings (SSSR count). The van der Waals surface area contributed by atoms with E-state index in [1.165, 1.54) is 51.7 Å². The molecule has 0 amide bonds. The minimum Gasteiger partial charge on any atom is -0.303 e. The fraction of sp³-hybridized carbons (Fsp3) is 1.00. The lowest BCUT2D eigenvalue weighted by Crippen LogP contribution is -2.40. The summed E-state index contributed by atoms with van der Waals surface area (Å²) >= 11 is 6.13. The van der Waals surface area contributed by atoms with Crippen LogP contribution < -0.4 is 0 Å². The lowest BCUT2D eigenvalue weighted by atomic mass is 9.84. The Bertz CT molecular complexity index is 169. The lowest BCUT2D eigenvalue weighted by Gasteiger charge is -2.37. The SMILES string of the molecule is CC(Cl)C1CCN(CC2CCC2)CC1. The zero-order chi connectivity index (χ0) is 9.97. The van der Waals surface area contributed by atoms with Crippen molar-refractivity contribution < 1.29 is 0 Å². The molecule has 0 spiro atoms. The number of halogens is 1. The summed E-state index contributed by atoms with van der Waals surface area (Å²) < 4.78 is 0. The Hall–Kier alpha value is 0.250. The molecule has 0 N–H and O–H groups in total. The van der Waals surface area contributed by atoms with Gasteiger partial charge in [-0.1, -0.05) is 6.42 Å². The van der Waals surface area contributed by atoms with Crippen molar-refractivity contribution in [3.8, 4) is 0 Å². The van der Waals surface area contributed by atoms with Crippen LogP contribution in [0, 0.1) is 11.8 Å². The van der Waals surface area contributed by atoms with E-state index in [2.05, 4.69) is 11.8 Å². The van der Waals surface area contributed by atoms with E-state index in [4.69, 9.17) is 11.6 Å². The van der Waals surface area contributed by atoms with Crippen molar-refractivity contribution in [2.45, 2.75) is 44.4 Å². The molecule has 1 saturated heterocycles. The third kappa shape index (κ3) is 2.64. The Kier molecular flexibility index (Phi) is 3.73. The quantitative estimate of drug-likeness (QED) is 0.654. The molecule has 1 nitrogen and oxygen atoms in total. The first kappa shape index (κ1) is 10.8. The lowest BCUT2D eigenvalue weighted by molar-refractivity contribution is 0.131. The maximum Gasteiger partial charge on any atom is 0.0337 e. The first-order chi connectivity index (χ1) is 6.75. The predicted octanol–water partition coefficient (Wildman–Crippen LogP) is 3.13. The van der Waals surface area contributed by atoms with Gasteiger partial charge in [0.05, 0.1) is 0 Å². The van der Waals surface area contributed by atoms with E-state index < -0.39 is 0 Å². The minimum atomic E-state index is 0.376. The van der Waals surface area contributed by atoms with Gasteiger partial charge in [-0.2, -0.15) is 0 Å². The van der Waals surface area contributed by atoms with Gasteiger partial charge in [-0.05, 0) is 57.5 Å². The zero-order valence-corrected chi connectivity index (χ0v) is 9.97. The molecule has 14 heavy (non-hydrogen) atoms. The van der Waals surface area contributed by atoms with Gasteiger partial charge in [0.1, 0.15) is 0 Å². The highest BCUT2D eigenvalue weighted by Crippen LogP contribution is 2.29. The average molecular weight is 216 g/mol. The van der Waals surface area contributed by atoms with Crippen LogP contribution in [0.1, 0.15) is 39.0 Å². The molecule has 0 aromatic carbocycles. The first-order valence-corrected chi connectivity index (χ1v) is 6.56. The van der Waals surface area contributed by atoms with Crippen LogP contribution in [0.5, 0.6) is 0 Å². The van der Waals surface area contributed by atoms with Gasteiger partial charge in [0.2, 0.25) is 0 Å². The fourth-order valence-corrected chi connectivity index (χ4v) is 2.89. The van der Waals surface area contributed by atoms with Crippen molar-refractivity contribution >= 4 is 11.6 Å². The zero-order valence-electron chi connectivity index (χ0n) is 9.21. The van der Waals surface area contributed by atoms with Crippen LogP contribution >= 0.6 is 11.6 Å². The Morgan fingerprint density at radius 3 is 2.29 bits per heavy atom. The summed E-state index contributed by atoms with van der Waals surface area (Å²) in [7, 11) is 0. The summed E-state index contributed by atoms with van der Waals surface area (Å²) in [6.07, 6.45) is 7.06. The van der Waals surface area contributed by atoms with Crippen LogP contribution in [0.2, 0.25) is 0 Å². The van der Waals surface area contributed by atoms with E-state index in [0.717, 1.165) is 11.8 Å². The Labute approximate surface area is 92.8 Å². The molecule has 82 valence electrons. The van der Waals surface area contributed by atoms with Crippen LogP contribution in [0.3, 0.4) is 0 Å². The molecule has 2 fully saturated rings. The summed E-state index contributed by atoms with van der Waals surface area (Å²) in [5.74, 6) is 1.80. The number of rotatable bonds is 3. The molecule has 2 aliphatic rings. The van der Waals surface area contributed by atoms with Crippen molar-refractivity contribution in [2.75, 3.05) is 19.6 Å². The highest BCUT2D eigenvalue weighted by Gasteiger charge is 2.26. The van der Waals surface area contributed by atoms with Gasteiger partial charge in [-0.25, -0.2) is 0 Å². The van der Waals surface area contributed by atoms with Crippen molar-refractivity contribution in [1.29, 1.82) is 0 Å². The average Bonchev–Trinajstić information content (AvgIpc) is 2.12. The highest BCUT2D eigenvalue weighted by atomic mass is 35.5. The molecule has 1 atom stereocenters. The summed E-state index contributed by atoms with van der Waals surface area (Å²) in [6.45, 7) is 6.09. The number of hydrogen-bond donors (Lipinski definition) is 0. The fourth-order valence-electron chi connectivity index (χ4n) is 2.64. The van der Waals surface area contributed by atoms with E-state index in [9.17, 15) is 0 Å². The van der Waals surface area contributed by atoms with Gasteiger partial charge in [0.15, 0.2) is 0 Å². The third-order valence-electron chi connectivity index (χ3n) is 4.02. The molecule has 1 heterocycles. The Balaban J connectivity index is 1.67. The van der Waals surface area contributed by atoms with E-state index in [0.29, 0.717) is 5.38 Å². The van der Waals surface area contributed by atoms with E-state index >= 15 is 0 Å². The molecule has 2 heteroatoms. The van der Waals surface area contributed by atoms with Gasteiger partial charge in [-0.3, -0.25) is 0 Å². The molecule has 1 aliphatic carbocycles. The molecular formula is C12H22ClN. The summed E-state index contributed by atoms with van der Waals surface area (Å²) in [5, 5.41) is 0.376. The monoisotopic (exact) mass is 215 g/mol. The largest absolute Gasteiger partial charge is 0.303 e. The molecule has 0 aromatic rings. The van der Waals surface area contributed by atoms with Gasteiger partial charge in [0, 0.05) is 11.9 Å². The maximum absolute atomic E-state index is 6.13. The number of nitrogens with zero attached hydrogens (tertiary/aromatic N) is 1. The first-order valence-electron chi connectivity index (χ1n) is 6.12. The second-order valence-corrected chi connectivity index (χ2v) is 5.80. The Morgan fingerprint density at radius 2 is 1.86 bits per heavy atom. The number of hydrogen-bond acceptors (Lipinski definition) is 1. The normalized spacial score (nSPS) is 28.7. The molecule has 1 aliphatic heterocycles. The van der Waals surface area contributed by atoms with Crippen molar-refractivity contribution in [1.82, 2.24) is 4.90 Å². The molecule has 1 saturated carbocycles. The van der Waals surface area contributed by atoms with Crippen LogP contribution in [0.15, 0.2) is 0 Å². The molecular weight excluding hydrogens is 194 g/mol. The highest BCUT2D eigenvalue weighted by molar-refractivity contribution is 6.20. The Morgan fingerprint density at radius 1 is 1.21 bits per heavy atom. The minimum absolute atomic E-state index is 0.376. The molecule has 0 radical (unpaired) electrons. The van der Waals surface area contributed by atoms with Crippen LogP contribution in [-0.2, 0) is 0 Å². The summed E-state index contributed by atoms with van der Waals surface area (Å²) in [5.41, 5.74) is 0. The van der Waals surface area contributed by atoms with Crippen LogP contribution in [0.4, 0.5) is 0 Å². The standard InChI is InChI=1S/C12H22ClN/c1-10(13)12-5-7-14(8-6-12)9-11-3-2-4-11/h10-12H,2-9H2,1H3. The number of alkyl halides is 1. The van der Waals surface area contributed by atoms with Crippen molar-refractivity contribution in [2.24, 2.45) is 11.8 Å². The van der Waals surface area contributed by atoms with Gasteiger partial charge < -0.3 is 4.90 Å². The van der Waals surface area contributed by atoms with Gasteiger partial charge in [0.25, 0.3) is 0 Å². The summed E-state index contributed by atoms with van der Waals surface area (Å²) in [4.78, 5) is 2.65. The molecule has 1 unspecified atom stereocenters. The number of piperidine rings is 1. The molecule has 0 bridgehead atoms. The predicted molar refractivity (Wildman–Crippen MR) is 61.8 cm³/mol. The third-order valence-corrected chi connectivity index (χ3v) is 4.38. The van der Waals surface area contributed by atoms with Crippen LogP contribution in [-0.4, -0.2) is 29.9 Å².